The highest BCUT2D eigenvalue weighted by molar-refractivity contribution is 7.16. The van der Waals surface area contributed by atoms with Gasteiger partial charge in [-0.05, 0) is 24.3 Å². The zero-order valence-corrected chi connectivity index (χ0v) is 10.7. The Bertz CT molecular complexity index is 466. The maximum Gasteiger partial charge on any atom is 0.138 e. The van der Waals surface area contributed by atoms with Gasteiger partial charge in [0, 0.05) is 6.04 Å². The number of hydrogen-bond donors (Lipinski definition) is 1. The van der Waals surface area contributed by atoms with Crippen LogP contribution in [0.3, 0.4) is 0 Å². The van der Waals surface area contributed by atoms with E-state index in [4.69, 9.17) is 0 Å². The first-order chi connectivity index (χ1) is 7.72. The minimum atomic E-state index is 0.433. The van der Waals surface area contributed by atoms with Crippen LogP contribution >= 0.6 is 11.3 Å². The van der Waals surface area contributed by atoms with E-state index in [1.54, 1.807) is 17.7 Å². The van der Waals surface area contributed by atoms with E-state index in [0.717, 1.165) is 16.0 Å². The number of anilines is 1. The zero-order valence-electron chi connectivity index (χ0n) is 9.90. The summed E-state index contributed by atoms with van der Waals surface area (Å²) in [6.45, 7) is 6.67. The van der Waals surface area contributed by atoms with E-state index >= 15 is 0 Å². The van der Waals surface area contributed by atoms with E-state index in [9.17, 15) is 0 Å². The highest BCUT2D eigenvalue weighted by Crippen LogP contribution is 2.25. The summed E-state index contributed by atoms with van der Waals surface area (Å²) >= 11 is 1.65. The molecule has 0 aliphatic heterocycles. The molecule has 16 heavy (non-hydrogen) atoms. The molecule has 0 aromatic carbocycles. The smallest absolute Gasteiger partial charge is 0.138 e. The van der Waals surface area contributed by atoms with Crippen LogP contribution in [-0.2, 0) is 0 Å². The highest BCUT2D eigenvalue weighted by atomic mass is 32.1. The molecule has 2 heterocycles. The van der Waals surface area contributed by atoms with Crippen LogP contribution in [-0.4, -0.2) is 16.0 Å². The van der Waals surface area contributed by atoms with Crippen molar-refractivity contribution in [2.24, 2.45) is 5.92 Å². The summed E-state index contributed by atoms with van der Waals surface area (Å²) in [6.07, 6.45) is 2.80. The topological polar surface area (TPSA) is 37.8 Å². The lowest BCUT2D eigenvalue weighted by molar-refractivity contribution is 0.494. The molecule has 86 valence electrons. The molecule has 0 fully saturated rings. The number of rotatable bonds is 4. The first-order valence-corrected chi connectivity index (χ1v) is 6.55. The van der Waals surface area contributed by atoms with Crippen LogP contribution in [0.15, 0.2) is 17.8 Å². The normalized spacial score (nSPS) is 14.9. The van der Waals surface area contributed by atoms with Crippen molar-refractivity contribution in [2.45, 2.75) is 33.2 Å². The van der Waals surface area contributed by atoms with Gasteiger partial charge in [0.05, 0.1) is 5.39 Å². The third-order valence-corrected chi connectivity index (χ3v) is 3.94. The average Bonchev–Trinajstić information content (AvgIpc) is 2.77. The molecule has 0 spiro atoms. The molecule has 0 saturated carbocycles. The molecule has 0 radical (unpaired) electrons. The summed E-state index contributed by atoms with van der Waals surface area (Å²) < 4.78 is 0. The Labute approximate surface area is 99.9 Å². The third-order valence-electron chi connectivity index (χ3n) is 3.12. The molecule has 0 saturated heterocycles. The molecular weight excluding hydrogens is 218 g/mol. The Kier molecular flexibility index (Phi) is 3.39. The van der Waals surface area contributed by atoms with Crippen LogP contribution < -0.4 is 5.32 Å². The Morgan fingerprint density at radius 2 is 2.19 bits per heavy atom. The molecule has 0 aliphatic rings. The van der Waals surface area contributed by atoms with Crippen LogP contribution in [0.2, 0.25) is 0 Å². The zero-order chi connectivity index (χ0) is 11.5. The monoisotopic (exact) mass is 235 g/mol. The second-order valence-corrected chi connectivity index (χ2v) is 5.07. The standard InChI is InChI=1S/C12H17N3S/c1-4-8(2)9(3)15-11-10-5-6-16-12(10)14-7-13-11/h5-9H,4H2,1-3H3,(H,13,14,15). The summed E-state index contributed by atoms with van der Waals surface area (Å²) in [6, 6.07) is 2.51. The minimum Gasteiger partial charge on any atom is -0.367 e. The molecule has 2 atom stereocenters. The fraction of sp³-hybridized carbons (Fsp3) is 0.500. The van der Waals surface area contributed by atoms with Gasteiger partial charge in [-0.3, -0.25) is 0 Å². The summed E-state index contributed by atoms with van der Waals surface area (Å²) in [5, 5.41) is 6.66. The van der Waals surface area contributed by atoms with Crippen molar-refractivity contribution in [3.8, 4) is 0 Å². The van der Waals surface area contributed by atoms with Crippen LogP contribution in [0.5, 0.6) is 0 Å². The summed E-state index contributed by atoms with van der Waals surface area (Å²) in [7, 11) is 0. The van der Waals surface area contributed by atoms with E-state index in [1.807, 2.05) is 0 Å². The van der Waals surface area contributed by atoms with E-state index in [1.165, 1.54) is 6.42 Å². The lowest BCUT2D eigenvalue weighted by Crippen LogP contribution is -2.23. The fourth-order valence-electron chi connectivity index (χ4n) is 1.62. The van der Waals surface area contributed by atoms with Gasteiger partial charge in [-0.2, -0.15) is 0 Å². The van der Waals surface area contributed by atoms with E-state index in [-0.39, 0.29) is 0 Å². The number of fused-ring (bicyclic) bond motifs is 1. The molecule has 2 aromatic rings. The Balaban J connectivity index is 2.23. The number of thiophene rings is 1. The molecule has 4 heteroatoms. The van der Waals surface area contributed by atoms with Crippen molar-refractivity contribution in [3.05, 3.63) is 17.8 Å². The predicted octanol–water partition coefficient (Wildman–Crippen LogP) is 3.54. The summed E-state index contributed by atoms with van der Waals surface area (Å²) in [5.74, 6) is 1.60. The lowest BCUT2D eigenvalue weighted by Gasteiger charge is -2.20. The molecule has 3 nitrogen and oxygen atoms in total. The quantitative estimate of drug-likeness (QED) is 0.880. The van der Waals surface area contributed by atoms with Gasteiger partial charge >= 0.3 is 0 Å². The third kappa shape index (κ3) is 2.16. The van der Waals surface area contributed by atoms with Crippen LogP contribution in [0.1, 0.15) is 27.2 Å². The predicted molar refractivity (Wildman–Crippen MR) is 70.0 cm³/mol. The maximum atomic E-state index is 4.32. The van der Waals surface area contributed by atoms with Gasteiger partial charge in [-0.15, -0.1) is 11.3 Å². The Hall–Kier alpha value is -1.16. The van der Waals surface area contributed by atoms with Gasteiger partial charge in [0.25, 0.3) is 0 Å². The molecule has 0 aliphatic carbocycles. The molecular formula is C12H17N3S. The SMILES string of the molecule is CCC(C)C(C)Nc1ncnc2sccc12. The largest absolute Gasteiger partial charge is 0.367 e. The molecule has 1 N–H and O–H groups in total. The van der Waals surface area contributed by atoms with Crippen molar-refractivity contribution in [3.63, 3.8) is 0 Å². The first kappa shape index (κ1) is 11.3. The maximum absolute atomic E-state index is 4.32. The summed E-state index contributed by atoms with van der Waals surface area (Å²) in [5.41, 5.74) is 0. The second-order valence-electron chi connectivity index (χ2n) is 4.18. The van der Waals surface area contributed by atoms with E-state index < -0.39 is 0 Å². The van der Waals surface area contributed by atoms with Gasteiger partial charge in [0.1, 0.15) is 17.0 Å². The highest BCUT2D eigenvalue weighted by Gasteiger charge is 2.12. The second kappa shape index (κ2) is 4.78. The first-order valence-electron chi connectivity index (χ1n) is 5.67. The number of nitrogens with one attached hydrogen (secondary N) is 1. The van der Waals surface area contributed by atoms with E-state index in [2.05, 4.69) is 47.5 Å². The Morgan fingerprint density at radius 1 is 1.38 bits per heavy atom. The van der Waals surface area contributed by atoms with Crippen LogP contribution in [0.25, 0.3) is 10.2 Å². The van der Waals surface area contributed by atoms with Crippen LogP contribution in [0, 0.1) is 5.92 Å². The molecule has 2 aromatic heterocycles. The van der Waals surface area contributed by atoms with Crippen molar-refractivity contribution >= 4 is 27.4 Å². The van der Waals surface area contributed by atoms with Gasteiger partial charge < -0.3 is 5.32 Å². The van der Waals surface area contributed by atoms with Gasteiger partial charge in [-0.1, -0.05) is 20.3 Å². The van der Waals surface area contributed by atoms with Crippen molar-refractivity contribution in [1.29, 1.82) is 0 Å². The Morgan fingerprint density at radius 3 is 2.94 bits per heavy atom. The van der Waals surface area contributed by atoms with Crippen LogP contribution in [0.4, 0.5) is 5.82 Å². The van der Waals surface area contributed by atoms with Crippen molar-refractivity contribution in [2.75, 3.05) is 5.32 Å². The van der Waals surface area contributed by atoms with Gasteiger partial charge in [0.2, 0.25) is 0 Å². The molecule has 0 bridgehead atoms. The van der Waals surface area contributed by atoms with Gasteiger partial charge in [0.15, 0.2) is 0 Å². The molecule has 2 rings (SSSR count). The number of nitrogens with zero attached hydrogens (tertiary/aromatic N) is 2. The van der Waals surface area contributed by atoms with Crippen molar-refractivity contribution in [1.82, 2.24) is 9.97 Å². The van der Waals surface area contributed by atoms with E-state index in [0.29, 0.717) is 12.0 Å². The number of hydrogen-bond acceptors (Lipinski definition) is 4. The average molecular weight is 235 g/mol. The minimum absolute atomic E-state index is 0.433. The summed E-state index contributed by atoms with van der Waals surface area (Å²) in [4.78, 5) is 9.61. The van der Waals surface area contributed by atoms with Gasteiger partial charge in [-0.25, -0.2) is 9.97 Å². The number of aromatic nitrogens is 2. The molecule has 2 unspecified atom stereocenters. The van der Waals surface area contributed by atoms with Crippen molar-refractivity contribution < 1.29 is 0 Å². The lowest BCUT2D eigenvalue weighted by atomic mass is 10.0. The fourth-order valence-corrected chi connectivity index (χ4v) is 2.35. The molecule has 0 amide bonds.